The fourth-order valence-corrected chi connectivity index (χ4v) is 2.87. The summed E-state index contributed by atoms with van der Waals surface area (Å²) in [6.07, 6.45) is 1.63. The molecule has 1 aliphatic rings. The van der Waals surface area contributed by atoms with E-state index in [9.17, 15) is 13.2 Å². The summed E-state index contributed by atoms with van der Waals surface area (Å²) >= 11 is 0. The Kier molecular flexibility index (Phi) is 4.51. The molecule has 1 aliphatic carbocycles. The molecule has 0 aromatic rings. The first kappa shape index (κ1) is 13.2. The minimum Gasteiger partial charge on any atom is -0.452 e. The van der Waals surface area contributed by atoms with Gasteiger partial charge in [-0.05, 0) is 12.8 Å². The van der Waals surface area contributed by atoms with Gasteiger partial charge in [0.1, 0.15) is 0 Å². The minimum absolute atomic E-state index is 0.0503. The van der Waals surface area contributed by atoms with Crippen molar-refractivity contribution in [2.24, 2.45) is 5.73 Å². The summed E-state index contributed by atoms with van der Waals surface area (Å²) in [7, 11) is -2.71. The molecular formula is C8H17N3O4S. The molecule has 0 atom stereocenters. The smallest absolute Gasteiger partial charge is 0.421 e. The fraction of sp³-hybridized carbons (Fsp3) is 0.875. The zero-order chi connectivity index (χ0) is 12.2. The molecule has 1 rings (SSSR count). The number of rotatable bonds is 5. The molecule has 0 aromatic heterocycles. The summed E-state index contributed by atoms with van der Waals surface area (Å²) in [5.41, 5.74) is 5.36. The molecular weight excluding hydrogens is 234 g/mol. The van der Waals surface area contributed by atoms with Gasteiger partial charge in [0.15, 0.2) is 0 Å². The van der Waals surface area contributed by atoms with Gasteiger partial charge in [0.25, 0.3) is 0 Å². The van der Waals surface area contributed by atoms with E-state index in [1.54, 1.807) is 0 Å². The molecule has 0 unspecified atom stereocenters. The van der Waals surface area contributed by atoms with Gasteiger partial charge >= 0.3 is 16.3 Å². The highest BCUT2D eigenvalue weighted by Crippen LogP contribution is 2.26. The zero-order valence-corrected chi connectivity index (χ0v) is 10.00. The van der Waals surface area contributed by atoms with Gasteiger partial charge < -0.3 is 10.5 Å². The maximum atomic E-state index is 11.8. The molecule has 8 heteroatoms. The topological polar surface area (TPSA) is 102 Å². The summed E-state index contributed by atoms with van der Waals surface area (Å²) in [5, 5.41) is 0. The van der Waals surface area contributed by atoms with Crippen LogP contribution in [0, 0.1) is 0 Å². The number of nitrogens with one attached hydrogen (secondary N) is 1. The average Bonchev–Trinajstić information content (AvgIpc) is 2.13. The fourth-order valence-electron chi connectivity index (χ4n) is 1.51. The highest BCUT2D eigenvalue weighted by atomic mass is 32.2. The number of methoxy groups -OCH3 is 1. The van der Waals surface area contributed by atoms with Crippen molar-refractivity contribution in [3.8, 4) is 0 Å². The van der Waals surface area contributed by atoms with Gasteiger partial charge in [-0.2, -0.15) is 12.7 Å². The van der Waals surface area contributed by atoms with Crippen LogP contribution in [0.1, 0.15) is 19.3 Å². The number of carbonyl (C=O) groups excluding carboxylic acids is 1. The van der Waals surface area contributed by atoms with E-state index in [1.807, 2.05) is 4.72 Å². The third kappa shape index (κ3) is 3.06. The molecule has 0 aromatic carbocycles. The first-order chi connectivity index (χ1) is 7.51. The number of nitrogens with zero attached hydrogens (tertiary/aromatic N) is 1. The SMILES string of the molecule is COC(=O)NS(=O)(=O)N(CCN)C1CCC1. The van der Waals surface area contributed by atoms with Gasteiger partial charge in [-0.3, -0.25) is 0 Å². The van der Waals surface area contributed by atoms with Gasteiger partial charge in [-0.1, -0.05) is 6.42 Å². The number of carbonyl (C=O) groups is 1. The number of hydrogen-bond donors (Lipinski definition) is 2. The van der Waals surface area contributed by atoms with Crippen molar-refractivity contribution >= 4 is 16.3 Å². The van der Waals surface area contributed by atoms with Crippen LogP contribution >= 0.6 is 0 Å². The molecule has 0 spiro atoms. The second-order valence-electron chi connectivity index (χ2n) is 3.58. The Morgan fingerprint density at radius 2 is 2.19 bits per heavy atom. The first-order valence-corrected chi connectivity index (χ1v) is 6.53. The summed E-state index contributed by atoms with van der Waals surface area (Å²) in [6, 6.07) is -0.0503. The van der Waals surface area contributed by atoms with Crippen molar-refractivity contribution in [1.82, 2.24) is 9.03 Å². The molecule has 0 radical (unpaired) electrons. The van der Waals surface area contributed by atoms with E-state index < -0.39 is 16.3 Å². The average molecular weight is 251 g/mol. The van der Waals surface area contributed by atoms with Gasteiger partial charge in [0.05, 0.1) is 7.11 Å². The molecule has 94 valence electrons. The normalized spacial score (nSPS) is 16.9. The number of amides is 1. The molecule has 16 heavy (non-hydrogen) atoms. The molecule has 0 saturated heterocycles. The highest BCUT2D eigenvalue weighted by Gasteiger charge is 2.34. The van der Waals surface area contributed by atoms with Crippen molar-refractivity contribution in [3.05, 3.63) is 0 Å². The lowest BCUT2D eigenvalue weighted by molar-refractivity contribution is 0.174. The Morgan fingerprint density at radius 1 is 1.56 bits per heavy atom. The molecule has 1 fully saturated rings. The maximum Gasteiger partial charge on any atom is 0.421 e. The van der Waals surface area contributed by atoms with E-state index >= 15 is 0 Å². The Morgan fingerprint density at radius 3 is 2.56 bits per heavy atom. The predicted octanol–water partition coefficient (Wildman–Crippen LogP) is -0.600. The Balaban J connectivity index is 2.71. The Bertz CT molecular complexity index is 339. The largest absolute Gasteiger partial charge is 0.452 e. The lowest BCUT2D eigenvalue weighted by atomic mass is 9.93. The molecule has 0 bridgehead atoms. The summed E-state index contributed by atoms with van der Waals surface area (Å²) in [4.78, 5) is 10.9. The van der Waals surface area contributed by atoms with Crippen LogP contribution in [0.4, 0.5) is 4.79 Å². The van der Waals surface area contributed by atoms with E-state index in [1.165, 1.54) is 4.31 Å². The van der Waals surface area contributed by atoms with E-state index in [4.69, 9.17) is 5.73 Å². The van der Waals surface area contributed by atoms with Gasteiger partial charge in [-0.15, -0.1) is 0 Å². The molecule has 0 aliphatic heterocycles. The molecule has 1 saturated carbocycles. The van der Waals surface area contributed by atoms with Crippen molar-refractivity contribution < 1.29 is 17.9 Å². The monoisotopic (exact) mass is 251 g/mol. The third-order valence-corrected chi connectivity index (χ3v) is 4.06. The summed E-state index contributed by atoms with van der Waals surface area (Å²) < 4.78 is 30.9. The second-order valence-corrected chi connectivity index (χ2v) is 5.21. The quantitative estimate of drug-likeness (QED) is 0.679. The highest BCUT2D eigenvalue weighted by molar-refractivity contribution is 7.87. The molecule has 0 heterocycles. The predicted molar refractivity (Wildman–Crippen MR) is 57.9 cm³/mol. The van der Waals surface area contributed by atoms with Crippen LogP contribution in [-0.4, -0.2) is 45.1 Å². The van der Waals surface area contributed by atoms with Gasteiger partial charge in [0.2, 0.25) is 0 Å². The van der Waals surface area contributed by atoms with Gasteiger partial charge in [-0.25, -0.2) is 9.52 Å². The number of hydrogen-bond acceptors (Lipinski definition) is 5. The van der Waals surface area contributed by atoms with Crippen LogP contribution in [0.2, 0.25) is 0 Å². The van der Waals surface area contributed by atoms with E-state index in [2.05, 4.69) is 4.74 Å². The lowest BCUT2D eigenvalue weighted by Gasteiger charge is -2.35. The van der Waals surface area contributed by atoms with Crippen molar-refractivity contribution in [1.29, 1.82) is 0 Å². The lowest BCUT2D eigenvalue weighted by Crippen LogP contribution is -2.52. The van der Waals surface area contributed by atoms with Crippen LogP contribution in [-0.2, 0) is 14.9 Å². The van der Waals surface area contributed by atoms with Gasteiger partial charge in [0, 0.05) is 19.1 Å². The molecule has 1 amide bonds. The van der Waals surface area contributed by atoms with Crippen molar-refractivity contribution in [2.45, 2.75) is 25.3 Å². The van der Waals surface area contributed by atoms with E-state index in [0.29, 0.717) is 0 Å². The van der Waals surface area contributed by atoms with Crippen molar-refractivity contribution in [3.63, 3.8) is 0 Å². The Hall–Kier alpha value is -0.860. The van der Waals surface area contributed by atoms with Crippen LogP contribution in [0.3, 0.4) is 0 Å². The maximum absolute atomic E-state index is 11.8. The minimum atomic E-state index is -3.83. The summed E-state index contributed by atoms with van der Waals surface area (Å²) in [5.74, 6) is 0. The number of ether oxygens (including phenoxy) is 1. The first-order valence-electron chi connectivity index (χ1n) is 5.09. The number of nitrogens with two attached hydrogens (primary N) is 1. The van der Waals surface area contributed by atoms with Crippen LogP contribution in [0.15, 0.2) is 0 Å². The van der Waals surface area contributed by atoms with E-state index in [0.717, 1.165) is 26.4 Å². The van der Waals surface area contributed by atoms with Crippen LogP contribution in [0.25, 0.3) is 0 Å². The van der Waals surface area contributed by atoms with E-state index in [-0.39, 0.29) is 19.1 Å². The molecule has 3 N–H and O–H groups in total. The van der Waals surface area contributed by atoms with Crippen LogP contribution < -0.4 is 10.5 Å². The second kappa shape index (κ2) is 5.46. The zero-order valence-electron chi connectivity index (χ0n) is 9.18. The standard InChI is InChI=1S/C8H17N3O4S/c1-15-8(12)10-16(13,14)11(6-5-9)7-3-2-4-7/h7H,2-6,9H2,1H3,(H,10,12). The third-order valence-electron chi connectivity index (χ3n) is 2.54. The van der Waals surface area contributed by atoms with Crippen LogP contribution in [0.5, 0.6) is 0 Å². The summed E-state index contributed by atoms with van der Waals surface area (Å²) in [6.45, 7) is 0.426. The molecule has 7 nitrogen and oxygen atoms in total. The Labute approximate surface area is 95.1 Å². The van der Waals surface area contributed by atoms with Crippen molar-refractivity contribution in [2.75, 3.05) is 20.2 Å².